The van der Waals surface area contributed by atoms with E-state index in [9.17, 15) is 9.59 Å². The largest absolute Gasteiger partial charge is 0.444 e. The monoisotopic (exact) mass is 406 g/mol. The predicted molar refractivity (Wildman–Crippen MR) is 110 cm³/mol. The van der Waals surface area contributed by atoms with Gasteiger partial charge in [0.15, 0.2) is 0 Å². The minimum Gasteiger partial charge on any atom is -0.444 e. The van der Waals surface area contributed by atoms with E-state index in [0.717, 1.165) is 6.42 Å². The van der Waals surface area contributed by atoms with Crippen LogP contribution in [-0.2, 0) is 11.3 Å². The number of hydrogen-bond acceptors (Lipinski definition) is 5. The van der Waals surface area contributed by atoms with Crippen molar-refractivity contribution in [2.75, 3.05) is 13.1 Å². The third-order valence-electron chi connectivity index (χ3n) is 4.75. The predicted octanol–water partition coefficient (Wildman–Crippen LogP) is 3.33. The Morgan fingerprint density at radius 2 is 2.14 bits per heavy atom. The van der Waals surface area contributed by atoms with Crippen molar-refractivity contribution in [3.05, 3.63) is 39.4 Å². The molecule has 152 valence electrons. The number of nitrogens with two attached hydrogens (primary N) is 1. The van der Waals surface area contributed by atoms with Crippen molar-refractivity contribution in [2.45, 2.75) is 52.3 Å². The average molecular weight is 407 g/mol. The Morgan fingerprint density at radius 3 is 2.79 bits per heavy atom. The topological polar surface area (TPSA) is 90.5 Å². The highest BCUT2D eigenvalue weighted by Gasteiger charge is 2.31. The SMILES string of the molecule is C[C@H](N)c1nc2cccc(Cl)c2c(=O)n1CC1CCN(C(=O)OC(C)(C)C)C1. The summed E-state index contributed by atoms with van der Waals surface area (Å²) in [5.74, 6) is 0.639. The van der Waals surface area contributed by atoms with Gasteiger partial charge < -0.3 is 15.4 Å². The maximum Gasteiger partial charge on any atom is 0.410 e. The summed E-state index contributed by atoms with van der Waals surface area (Å²) in [5.41, 5.74) is 5.91. The Morgan fingerprint density at radius 1 is 1.43 bits per heavy atom. The van der Waals surface area contributed by atoms with Gasteiger partial charge in [0.25, 0.3) is 5.56 Å². The molecule has 3 rings (SSSR count). The first-order chi connectivity index (χ1) is 13.1. The highest BCUT2D eigenvalue weighted by Crippen LogP contribution is 2.24. The number of rotatable bonds is 3. The zero-order chi connectivity index (χ0) is 20.6. The van der Waals surface area contributed by atoms with Crippen molar-refractivity contribution in [1.82, 2.24) is 14.5 Å². The summed E-state index contributed by atoms with van der Waals surface area (Å²) >= 11 is 6.26. The second kappa shape index (κ2) is 7.72. The zero-order valence-corrected chi connectivity index (χ0v) is 17.5. The van der Waals surface area contributed by atoms with Crippen LogP contribution < -0.4 is 11.3 Å². The standard InChI is InChI=1S/C20H27ClN4O3/c1-12(22)17-23-15-7-5-6-14(21)16(15)18(26)25(17)11-13-8-9-24(10-13)19(27)28-20(2,3)4/h5-7,12-13H,8-11,22H2,1-4H3/t12-,13?/m0/s1. The first kappa shape index (κ1) is 20.6. The molecule has 7 nitrogen and oxygen atoms in total. The van der Waals surface area contributed by atoms with Crippen LogP contribution in [0.1, 0.15) is 46.0 Å². The molecule has 8 heteroatoms. The normalized spacial score (nSPS) is 18.5. The average Bonchev–Trinajstić information content (AvgIpc) is 3.04. The lowest BCUT2D eigenvalue weighted by molar-refractivity contribution is 0.0287. The molecule has 2 N–H and O–H groups in total. The molecule has 2 atom stereocenters. The second-order valence-electron chi connectivity index (χ2n) is 8.39. The van der Waals surface area contributed by atoms with Gasteiger partial charge in [0.05, 0.1) is 22.0 Å². The van der Waals surface area contributed by atoms with E-state index in [1.54, 1.807) is 34.6 Å². The molecule has 2 heterocycles. The fraction of sp³-hybridized carbons (Fsp3) is 0.550. The number of benzene rings is 1. The Kier molecular flexibility index (Phi) is 5.68. The first-order valence-electron chi connectivity index (χ1n) is 9.49. The molecule has 1 aliphatic heterocycles. The number of hydrogen-bond donors (Lipinski definition) is 1. The minimum absolute atomic E-state index is 0.115. The molecule has 1 unspecified atom stereocenters. The van der Waals surface area contributed by atoms with Gasteiger partial charge in [-0.15, -0.1) is 0 Å². The molecular formula is C20H27ClN4O3. The van der Waals surface area contributed by atoms with E-state index in [2.05, 4.69) is 4.98 Å². The van der Waals surface area contributed by atoms with Crippen LogP contribution in [0.4, 0.5) is 4.79 Å². The van der Waals surface area contributed by atoms with Crippen molar-refractivity contribution in [3.8, 4) is 0 Å². The molecule has 2 aromatic rings. The van der Waals surface area contributed by atoms with E-state index >= 15 is 0 Å². The molecule has 1 fully saturated rings. The quantitative estimate of drug-likeness (QED) is 0.844. The lowest BCUT2D eigenvalue weighted by atomic mass is 10.1. The number of ether oxygens (including phenoxy) is 1. The maximum atomic E-state index is 13.1. The molecule has 1 amide bonds. The van der Waals surface area contributed by atoms with Crippen molar-refractivity contribution in [3.63, 3.8) is 0 Å². The molecule has 1 aromatic carbocycles. The van der Waals surface area contributed by atoms with Gasteiger partial charge in [0.1, 0.15) is 11.4 Å². The molecule has 1 saturated heterocycles. The van der Waals surface area contributed by atoms with Gasteiger partial charge in [-0.1, -0.05) is 17.7 Å². The van der Waals surface area contributed by atoms with Gasteiger partial charge in [-0.25, -0.2) is 9.78 Å². The molecule has 1 aromatic heterocycles. The first-order valence-corrected chi connectivity index (χ1v) is 9.87. The Balaban J connectivity index is 1.87. The zero-order valence-electron chi connectivity index (χ0n) is 16.7. The van der Waals surface area contributed by atoms with Crippen molar-refractivity contribution in [1.29, 1.82) is 0 Å². The van der Waals surface area contributed by atoms with Gasteiger partial charge in [0.2, 0.25) is 0 Å². The lowest BCUT2D eigenvalue weighted by Gasteiger charge is -2.24. The van der Waals surface area contributed by atoms with Crippen LogP contribution in [-0.4, -0.2) is 39.2 Å². The highest BCUT2D eigenvalue weighted by molar-refractivity contribution is 6.35. The van der Waals surface area contributed by atoms with Crippen LogP contribution in [0, 0.1) is 5.92 Å². The van der Waals surface area contributed by atoms with Crippen molar-refractivity contribution >= 4 is 28.6 Å². The minimum atomic E-state index is -0.534. The number of carbonyl (C=O) groups is 1. The number of fused-ring (bicyclic) bond motifs is 1. The van der Waals surface area contributed by atoms with Gasteiger partial charge in [0, 0.05) is 19.6 Å². The van der Waals surface area contributed by atoms with Gasteiger partial charge in [-0.3, -0.25) is 9.36 Å². The van der Waals surface area contributed by atoms with Crippen molar-refractivity contribution < 1.29 is 9.53 Å². The summed E-state index contributed by atoms with van der Waals surface area (Å²) in [5, 5.41) is 0.775. The Bertz CT molecular complexity index is 949. The fourth-order valence-corrected chi connectivity index (χ4v) is 3.75. The molecule has 0 aliphatic carbocycles. The number of halogens is 1. The summed E-state index contributed by atoms with van der Waals surface area (Å²) in [6.07, 6.45) is 0.458. The van der Waals surface area contributed by atoms with Crippen LogP contribution >= 0.6 is 11.6 Å². The smallest absolute Gasteiger partial charge is 0.410 e. The molecule has 1 aliphatic rings. The summed E-state index contributed by atoms with van der Waals surface area (Å²) in [4.78, 5) is 31.7. The summed E-state index contributed by atoms with van der Waals surface area (Å²) in [6, 6.07) is 4.81. The molecule has 0 radical (unpaired) electrons. The second-order valence-corrected chi connectivity index (χ2v) is 8.80. The molecular weight excluding hydrogens is 380 g/mol. The molecule has 0 spiro atoms. The van der Waals surface area contributed by atoms with Gasteiger partial charge >= 0.3 is 6.09 Å². The van der Waals surface area contributed by atoms with E-state index in [4.69, 9.17) is 22.1 Å². The fourth-order valence-electron chi connectivity index (χ4n) is 3.50. The Hall–Kier alpha value is -2.12. The van der Waals surface area contributed by atoms with E-state index in [1.807, 2.05) is 20.8 Å². The van der Waals surface area contributed by atoms with Crippen LogP contribution in [0.5, 0.6) is 0 Å². The van der Waals surface area contributed by atoms with Gasteiger partial charge in [-0.2, -0.15) is 0 Å². The molecule has 0 saturated carbocycles. The van der Waals surface area contributed by atoms with E-state index in [-0.39, 0.29) is 17.6 Å². The van der Waals surface area contributed by atoms with Crippen LogP contribution in [0.2, 0.25) is 5.02 Å². The number of nitrogens with zero attached hydrogens (tertiary/aromatic N) is 3. The highest BCUT2D eigenvalue weighted by atomic mass is 35.5. The van der Waals surface area contributed by atoms with Gasteiger partial charge in [-0.05, 0) is 52.2 Å². The number of carbonyl (C=O) groups excluding carboxylic acids is 1. The summed E-state index contributed by atoms with van der Waals surface area (Å²) < 4.78 is 7.06. The van der Waals surface area contributed by atoms with Crippen LogP contribution in [0.25, 0.3) is 10.9 Å². The van der Waals surface area contributed by atoms with E-state index in [1.165, 1.54) is 0 Å². The maximum absolute atomic E-state index is 13.1. The third kappa shape index (κ3) is 4.31. The van der Waals surface area contributed by atoms with Crippen molar-refractivity contribution in [2.24, 2.45) is 11.7 Å². The number of likely N-dealkylation sites (tertiary alicyclic amines) is 1. The third-order valence-corrected chi connectivity index (χ3v) is 5.06. The van der Waals surface area contributed by atoms with E-state index in [0.29, 0.717) is 41.4 Å². The van der Waals surface area contributed by atoms with Crippen LogP contribution in [0.15, 0.2) is 23.0 Å². The van der Waals surface area contributed by atoms with Crippen LogP contribution in [0.3, 0.4) is 0 Å². The summed E-state index contributed by atoms with van der Waals surface area (Å²) in [7, 11) is 0. The summed E-state index contributed by atoms with van der Waals surface area (Å²) in [6.45, 7) is 8.90. The van der Waals surface area contributed by atoms with E-state index < -0.39 is 11.6 Å². The lowest BCUT2D eigenvalue weighted by Crippen LogP contribution is -2.36. The Labute approximate surface area is 169 Å². The number of aromatic nitrogens is 2. The molecule has 28 heavy (non-hydrogen) atoms. The molecule has 0 bridgehead atoms. The number of amides is 1.